The maximum atomic E-state index is 11.2. The summed E-state index contributed by atoms with van der Waals surface area (Å²) < 4.78 is 5.74. The van der Waals surface area contributed by atoms with Gasteiger partial charge in [0.1, 0.15) is 0 Å². The summed E-state index contributed by atoms with van der Waals surface area (Å²) in [4.78, 5) is 11.2. The van der Waals surface area contributed by atoms with Gasteiger partial charge in [0.25, 0.3) is 0 Å². The number of primary amides is 1. The SMILES string of the molecule is CCCCCCCOC1CCC(N)(C(N)=O)C1. The quantitative estimate of drug-likeness (QED) is 0.636. The van der Waals surface area contributed by atoms with Crippen molar-refractivity contribution in [3.8, 4) is 0 Å². The van der Waals surface area contributed by atoms with Crippen LogP contribution in [-0.4, -0.2) is 24.2 Å². The Hall–Kier alpha value is -0.610. The summed E-state index contributed by atoms with van der Waals surface area (Å²) in [5.74, 6) is -0.397. The molecule has 0 aromatic heterocycles. The third-order valence-electron chi connectivity index (χ3n) is 3.60. The zero-order valence-electron chi connectivity index (χ0n) is 10.9. The van der Waals surface area contributed by atoms with Crippen molar-refractivity contribution >= 4 is 5.91 Å². The first kappa shape index (κ1) is 14.5. The maximum Gasteiger partial charge on any atom is 0.237 e. The van der Waals surface area contributed by atoms with Gasteiger partial charge in [0.15, 0.2) is 0 Å². The molecule has 0 heterocycles. The van der Waals surface area contributed by atoms with E-state index >= 15 is 0 Å². The molecule has 2 atom stereocenters. The van der Waals surface area contributed by atoms with E-state index in [9.17, 15) is 4.79 Å². The minimum atomic E-state index is -0.827. The van der Waals surface area contributed by atoms with Gasteiger partial charge in [-0.1, -0.05) is 32.6 Å². The van der Waals surface area contributed by atoms with Crippen molar-refractivity contribution in [3.05, 3.63) is 0 Å². The Balaban J connectivity index is 2.08. The Kier molecular flexibility index (Phi) is 5.92. The predicted octanol–water partition coefficient (Wildman–Crippen LogP) is 1.71. The van der Waals surface area contributed by atoms with Gasteiger partial charge in [0.2, 0.25) is 5.91 Å². The van der Waals surface area contributed by atoms with Crippen molar-refractivity contribution in [1.82, 2.24) is 0 Å². The van der Waals surface area contributed by atoms with E-state index in [1.165, 1.54) is 25.7 Å². The summed E-state index contributed by atoms with van der Waals surface area (Å²) in [5.41, 5.74) is 10.4. The molecule has 0 radical (unpaired) electrons. The lowest BCUT2D eigenvalue weighted by atomic mass is 9.99. The smallest absolute Gasteiger partial charge is 0.237 e. The van der Waals surface area contributed by atoms with E-state index in [2.05, 4.69) is 6.92 Å². The molecule has 0 saturated heterocycles. The van der Waals surface area contributed by atoms with Gasteiger partial charge in [-0.2, -0.15) is 0 Å². The van der Waals surface area contributed by atoms with E-state index in [1.54, 1.807) is 0 Å². The number of unbranched alkanes of at least 4 members (excludes halogenated alkanes) is 4. The highest BCUT2D eigenvalue weighted by atomic mass is 16.5. The molecule has 17 heavy (non-hydrogen) atoms. The van der Waals surface area contributed by atoms with E-state index < -0.39 is 11.4 Å². The van der Waals surface area contributed by atoms with Crippen LogP contribution in [0, 0.1) is 0 Å². The second kappa shape index (κ2) is 6.97. The number of carbonyl (C=O) groups excluding carboxylic acids is 1. The number of rotatable bonds is 8. The summed E-state index contributed by atoms with van der Waals surface area (Å²) in [6.45, 7) is 2.99. The molecule has 2 unspecified atom stereocenters. The van der Waals surface area contributed by atoms with Gasteiger partial charge < -0.3 is 16.2 Å². The third kappa shape index (κ3) is 4.64. The van der Waals surface area contributed by atoms with Gasteiger partial charge in [-0.25, -0.2) is 0 Å². The first-order valence-electron chi connectivity index (χ1n) is 6.79. The van der Waals surface area contributed by atoms with Gasteiger partial charge >= 0.3 is 0 Å². The van der Waals surface area contributed by atoms with Crippen LogP contribution in [0.25, 0.3) is 0 Å². The van der Waals surface area contributed by atoms with Crippen LogP contribution in [-0.2, 0) is 9.53 Å². The largest absolute Gasteiger partial charge is 0.378 e. The summed E-state index contributed by atoms with van der Waals surface area (Å²) in [7, 11) is 0. The Bertz CT molecular complexity index is 246. The van der Waals surface area contributed by atoms with Crippen molar-refractivity contribution in [3.63, 3.8) is 0 Å². The van der Waals surface area contributed by atoms with E-state index in [-0.39, 0.29) is 6.10 Å². The molecule has 1 amide bonds. The second-order valence-electron chi connectivity index (χ2n) is 5.17. The van der Waals surface area contributed by atoms with Crippen molar-refractivity contribution in [1.29, 1.82) is 0 Å². The molecular weight excluding hydrogens is 216 g/mol. The van der Waals surface area contributed by atoms with Crippen LogP contribution in [0.15, 0.2) is 0 Å². The normalized spacial score (nSPS) is 28.5. The Morgan fingerprint density at radius 1 is 1.35 bits per heavy atom. The molecule has 4 N–H and O–H groups in total. The number of nitrogens with two attached hydrogens (primary N) is 2. The fourth-order valence-corrected chi connectivity index (χ4v) is 2.35. The van der Waals surface area contributed by atoms with Crippen LogP contribution in [0.5, 0.6) is 0 Å². The van der Waals surface area contributed by atoms with Crippen LogP contribution < -0.4 is 11.5 Å². The van der Waals surface area contributed by atoms with Gasteiger partial charge in [0.05, 0.1) is 11.6 Å². The average Bonchev–Trinajstić information content (AvgIpc) is 2.67. The highest BCUT2D eigenvalue weighted by molar-refractivity contribution is 5.84. The molecule has 0 aromatic rings. The fourth-order valence-electron chi connectivity index (χ4n) is 2.35. The zero-order valence-corrected chi connectivity index (χ0v) is 10.9. The van der Waals surface area contributed by atoms with Crippen LogP contribution in [0.4, 0.5) is 0 Å². The second-order valence-corrected chi connectivity index (χ2v) is 5.17. The lowest BCUT2D eigenvalue weighted by molar-refractivity contribution is -0.123. The van der Waals surface area contributed by atoms with E-state index in [0.717, 1.165) is 19.4 Å². The number of carbonyl (C=O) groups is 1. The maximum absolute atomic E-state index is 11.2. The molecule has 4 heteroatoms. The third-order valence-corrected chi connectivity index (χ3v) is 3.60. The monoisotopic (exact) mass is 242 g/mol. The molecule has 0 aromatic carbocycles. The van der Waals surface area contributed by atoms with Gasteiger partial charge in [-0.3, -0.25) is 4.79 Å². The first-order valence-corrected chi connectivity index (χ1v) is 6.79. The molecule has 100 valence electrons. The standard InChI is InChI=1S/C13H26N2O2/c1-2-3-4-5-6-9-17-11-7-8-13(15,10-11)12(14)16/h11H,2-10,15H2,1H3,(H2,14,16). The summed E-state index contributed by atoms with van der Waals surface area (Å²) in [6.07, 6.45) is 8.39. The fraction of sp³-hybridized carbons (Fsp3) is 0.923. The molecule has 1 aliphatic rings. The van der Waals surface area contributed by atoms with E-state index in [1.807, 2.05) is 0 Å². The summed E-state index contributed by atoms with van der Waals surface area (Å²) in [6, 6.07) is 0. The van der Waals surface area contributed by atoms with Gasteiger partial charge in [-0.05, 0) is 19.3 Å². The molecule has 1 rings (SSSR count). The Labute approximate surface area is 104 Å². The van der Waals surface area contributed by atoms with Crippen LogP contribution in [0.3, 0.4) is 0 Å². The molecule has 1 fully saturated rings. The molecule has 4 nitrogen and oxygen atoms in total. The number of amides is 1. The minimum Gasteiger partial charge on any atom is -0.378 e. The van der Waals surface area contributed by atoms with Crippen molar-refractivity contribution in [2.45, 2.75) is 69.9 Å². The van der Waals surface area contributed by atoms with Crippen LogP contribution in [0.1, 0.15) is 58.3 Å². The van der Waals surface area contributed by atoms with Crippen molar-refractivity contribution in [2.75, 3.05) is 6.61 Å². The van der Waals surface area contributed by atoms with Crippen LogP contribution >= 0.6 is 0 Å². The molecule has 1 aliphatic carbocycles. The predicted molar refractivity (Wildman–Crippen MR) is 68.5 cm³/mol. The molecule has 0 aliphatic heterocycles. The highest BCUT2D eigenvalue weighted by Gasteiger charge is 2.40. The lowest BCUT2D eigenvalue weighted by Crippen LogP contribution is -2.50. The topological polar surface area (TPSA) is 78.3 Å². The average molecular weight is 242 g/mol. The number of hydrogen-bond donors (Lipinski definition) is 2. The van der Waals surface area contributed by atoms with Gasteiger partial charge in [-0.15, -0.1) is 0 Å². The molecule has 1 saturated carbocycles. The van der Waals surface area contributed by atoms with Crippen LogP contribution in [0.2, 0.25) is 0 Å². The molecular formula is C13H26N2O2. The number of hydrogen-bond acceptors (Lipinski definition) is 3. The Morgan fingerprint density at radius 3 is 2.65 bits per heavy atom. The molecule has 0 bridgehead atoms. The van der Waals surface area contributed by atoms with E-state index in [0.29, 0.717) is 12.8 Å². The lowest BCUT2D eigenvalue weighted by Gasteiger charge is -2.19. The first-order chi connectivity index (χ1) is 8.08. The Morgan fingerprint density at radius 2 is 2.06 bits per heavy atom. The highest BCUT2D eigenvalue weighted by Crippen LogP contribution is 2.29. The number of ether oxygens (including phenoxy) is 1. The summed E-state index contributed by atoms with van der Waals surface area (Å²) in [5, 5.41) is 0. The van der Waals surface area contributed by atoms with Gasteiger partial charge in [0, 0.05) is 13.0 Å². The minimum absolute atomic E-state index is 0.124. The van der Waals surface area contributed by atoms with Crippen molar-refractivity contribution < 1.29 is 9.53 Å². The summed E-state index contributed by atoms with van der Waals surface area (Å²) >= 11 is 0. The van der Waals surface area contributed by atoms with E-state index in [4.69, 9.17) is 16.2 Å². The van der Waals surface area contributed by atoms with Crippen molar-refractivity contribution in [2.24, 2.45) is 11.5 Å². The molecule has 0 spiro atoms. The zero-order chi connectivity index (χ0) is 12.7.